The molecule has 1 heterocycles. The fourth-order valence-electron chi connectivity index (χ4n) is 1.60. The van der Waals surface area contributed by atoms with E-state index in [1.807, 2.05) is 0 Å². The summed E-state index contributed by atoms with van der Waals surface area (Å²) in [5, 5.41) is 22.7. The Hall–Kier alpha value is -2.74. The van der Waals surface area contributed by atoms with Crippen LogP contribution in [0.25, 0.3) is 0 Å². The second-order valence-corrected chi connectivity index (χ2v) is 3.79. The van der Waals surface area contributed by atoms with Crippen LogP contribution in [0.15, 0.2) is 30.6 Å². The van der Waals surface area contributed by atoms with Crippen molar-refractivity contribution < 1.29 is 14.8 Å². The summed E-state index contributed by atoms with van der Waals surface area (Å²) in [6.45, 7) is -0.148. The smallest absolute Gasteiger partial charge is 0.373 e. The van der Waals surface area contributed by atoms with Crippen molar-refractivity contribution in [3.05, 3.63) is 46.3 Å². The van der Waals surface area contributed by atoms with Crippen LogP contribution >= 0.6 is 0 Å². The van der Waals surface area contributed by atoms with E-state index in [-0.39, 0.29) is 24.0 Å². The maximum absolute atomic E-state index is 11.1. The molecule has 0 saturated carbocycles. The number of rotatable bonds is 5. The fourth-order valence-corrected chi connectivity index (χ4v) is 1.60. The number of nitrogens with one attached hydrogen (secondary N) is 1. The van der Waals surface area contributed by atoms with Crippen LogP contribution in [0.5, 0.6) is 11.6 Å². The van der Waals surface area contributed by atoms with Gasteiger partial charge in [0.2, 0.25) is 5.82 Å². The number of aliphatic hydroxyl groups excluding tert-OH is 1. The molecule has 0 fully saturated rings. The van der Waals surface area contributed by atoms with E-state index >= 15 is 0 Å². The predicted octanol–water partition coefficient (Wildman–Crippen LogP) is 1.71. The van der Waals surface area contributed by atoms with Crippen molar-refractivity contribution in [2.45, 2.75) is 6.61 Å². The number of nitrogens with zero attached hydrogens (tertiary/aromatic N) is 3. The summed E-state index contributed by atoms with van der Waals surface area (Å²) in [7, 11) is 1.52. The first kappa shape index (κ1) is 13.7. The van der Waals surface area contributed by atoms with Gasteiger partial charge in [0.15, 0.2) is 0 Å². The molecular weight excluding hydrogens is 264 g/mol. The highest BCUT2D eigenvalue weighted by Crippen LogP contribution is 2.33. The number of hydrogen-bond donors (Lipinski definition) is 2. The molecule has 104 valence electrons. The molecule has 2 rings (SSSR count). The average molecular weight is 276 g/mol. The lowest BCUT2D eigenvalue weighted by molar-refractivity contribution is -0.385. The summed E-state index contributed by atoms with van der Waals surface area (Å²) in [6, 6.07) is 6.57. The first-order valence-electron chi connectivity index (χ1n) is 5.70. The molecule has 0 aliphatic carbocycles. The molecular formula is C12H12N4O4. The van der Waals surface area contributed by atoms with E-state index in [2.05, 4.69) is 15.3 Å². The van der Waals surface area contributed by atoms with Gasteiger partial charge in [0.05, 0.1) is 11.5 Å². The second kappa shape index (κ2) is 5.93. The molecule has 0 amide bonds. The Kier molecular flexibility index (Phi) is 4.06. The molecule has 0 saturated heterocycles. The highest BCUT2D eigenvalue weighted by molar-refractivity contribution is 5.61. The van der Waals surface area contributed by atoms with Crippen LogP contribution in [0.2, 0.25) is 0 Å². The standard InChI is InChI=1S/C12H12N4O4/c1-13-11-10(16(18)19)12(15-7-14-11)20-9-4-2-3-8(5-9)6-17/h2-5,7,17H,6H2,1H3,(H,13,14,15). The van der Waals surface area contributed by atoms with Gasteiger partial charge in [-0.2, -0.15) is 4.98 Å². The van der Waals surface area contributed by atoms with Crippen LogP contribution in [0.3, 0.4) is 0 Å². The van der Waals surface area contributed by atoms with Crippen molar-refractivity contribution in [2.24, 2.45) is 0 Å². The van der Waals surface area contributed by atoms with Crippen molar-refractivity contribution in [3.63, 3.8) is 0 Å². The molecule has 0 bridgehead atoms. The van der Waals surface area contributed by atoms with Gasteiger partial charge in [-0.1, -0.05) is 12.1 Å². The molecule has 0 unspecified atom stereocenters. The third kappa shape index (κ3) is 2.81. The lowest BCUT2D eigenvalue weighted by Gasteiger charge is -2.08. The molecule has 8 heteroatoms. The Balaban J connectivity index is 2.40. The van der Waals surface area contributed by atoms with E-state index in [9.17, 15) is 10.1 Å². The van der Waals surface area contributed by atoms with Gasteiger partial charge >= 0.3 is 11.6 Å². The maximum Gasteiger partial charge on any atom is 0.373 e. The number of aliphatic hydroxyl groups is 1. The molecule has 0 aliphatic heterocycles. The molecule has 20 heavy (non-hydrogen) atoms. The second-order valence-electron chi connectivity index (χ2n) is 3.79. The molecule has 2 N–H and O–H groups in total. The normalized spacial score (nSPS) is 10.1. The van der Waals surface area contributed by atoms with E-state index in [0.717, 1.165) is 0 Å². The predicted molar refractivity (Wildman–Crippen MR) is 70.7 cm³/mol. The van der Waals surface area contributed by atoms with Gasteiger partial charge in [-0.3, -0.25) is 10.1 Å². The Bertz CT molecular complexity index is 633. The highest BCUT2D eigenvalue weighted by atomic mass is 16.6. The Morgan fingerprint density at radius 2 is 2.25 bits per heavy atom. The molecule has 1 aromatic carbocycles. The minimum Gasteiger partial charge on any atom is -0.434 e. The lowest BCUT2D eigenvalue weighted by atomic mass is 10.2. The van der Waals surface area contributed by atoms with E-state index in [4.69, 9.17) is 9.84 Å². The lowest BCUT2D eigenvalue weighted by Crippen LogP contribution is -2.03. The van der Waals surface area contributed by atoms with Gasteiger partial charge in [-0.05, 0) is 17.7 Å². The third-order valence-corrected chi connectivity index (χ3v) is 2.50. The van der Waals surface area contributed by atoms with E-state index in [0.29, 0.717) is 11.3 Å². The van der Waals surface area contributed by atoms with Gasteiger partial charge in [-0.25, -0.2) is 4.98 Å². The van der Waals surface area contributed by atoms with Crippen LogP contribution in [0.1, 0.15) is 5.56 Å². The summed E-state index contributed by atoms with van der Waals surface area (Å²) in [4.78, 5) is 18.0. The highest BCUT2D eigenvalue weighted by Gasteiger charge is 2.24. The zero-order valence-electron chi connectivity index (χ0n) is 10.6. The van der Waals surface area contributed by atoms with Crippen molar-refractivity contribution in [2.75, 3.05) is 12.4 Å². The summed E-state index contributed by atoms with van der Waals surface area (Å²) < 4.78 is 5.41. The van der Waals surface area contributed by atoms with Gasteiger partial charge < -0.3 is 15.2 Å². The zero-order chi connectivity index (χ0) is 14.5. The molecule has 1 aromatic heterocycles. The number of nitro groups is 1. The number of ether oxygens (including phenoxy) is 1. The number of hydrogen-bond acceptors (Lipinski definition) is 7. The Morgan fingerprint density at radius 1 is 1.45 bits per heavy atom. The van der Waals surface area contributed by atoms with Crippen molar-refractivity contribution in [1.82, 2.24) is 9.97 Å². The van der Waals surface area contributed by atoms with Gasteiger partial charge in [0.25, 0.3) is 0 Å². The Morgan fingerprint density at radius 3 is 2.90 bits per heavy atom. The average Bonchev–Trinajstić information content (AvgIpc) is 2.46. The number of anilines is 1. The van der Waals surface area contributed by atoms with Crippen LogP contribution in [-0.2, 0) is 6.61 Å². The number of aromatic nitrogens is 2. The monoisotopic (exact) mass is 276 g/mol. The fraction of sp³-hybridized carbons (Fsp3) is 0.167. The van der Waals surface area contributed by atoms with Crippen molar-refractivity contribution in [1.29, 1.82) is 0 Å². The molecule has 2 aromatic rings. The SMILES string of the molecule is CNc1ncnc(Oc2cccc(CO)c2)c1[N+](=O)[O-]. The molecule has 0 aliphatic rings. The van der Waals surface area contributed by atoms with Crippen molar-refractivity contribution >= 4 is 11.5 Å². The minimum atomic E-state index is -0.614. The van der Waals surface area contributed by atoms with Gasteiger partial charge in [0.1, 0.15) is 12.1 Å². The van der Waals surface area contributed by atoms with E-state index in [1.54, 1.807) is 24.3 Å². The summed E-state index contributed by atoms with van der Waals surface area (Å²) in [6.07, 6.45) is 1.17. The van der Waals surface area contributed by atoms with Crippen molar-refractivity contribution in [3.8, 4) is 11.6 Å². The number of benzene rings is 1. The first-order chi connectivity index (χ1) is 9.65. The van der Waals surface area contributed by atoms with E-state index in [1.165, 1.54) is 13.4 Å². The molecule has 0 spiro atoms. The van der Waals surface area contributed by atoms with E-state index < -0.39 is 4.92 Å². The van der Waals surface area contributed by atoms with Crippen LogP contribution in [0.4, 0.5) is 11.5 Å². The zero-order valence-corrected chi connectivity index (χ0v) is 10.6. The summed E-state index contributed by atoms with van der Waals surface area (Å²) >= 11 is 0. The van der Waals surface area contributed by atoms with Crippen LogP contribution in [0, 0.1) is 10.1 Å². The largest absolute Gasteiger partial charge is 0.434 e. The maximum atomic E-state index is 11.1. The molecule has 0 radical (unpaired) electrons. The summed E-state index contributed by atoms with van der Waals surface area (Å²) in [5.41, 5.74) is 0.289. The van der Waals surface area contributed by atoms with Gasteiger partial charge in [0, 0.05) is 7.05 Å². The van der Waals surface area contributed by atoms with Gasteiger partial charge in [-0.15, -0.1) is 0 Å². The molecule has 8 nitrogen and oxygen atoms in total. The molecule has 0 atom stereocenters. The quantitative estimate of drug-likeness (QED) is 0.631. The third-order valence-electron chi connectivity index (χ3n) is 2.50. The minimum absolute atomic E-state index is 0.0679. The topological polar surface area (TPSA) is 110 Å². The van der Waals surface area contributed by atoms with Crippen LogP contribution < -0.4 is 10.1 Å². The summed E-state index contributed by atoms with van der Waals surface area (Å²) in [5.74, 6) is 0.253. The first-order valence-corrected chi connectivity index (χ1v) is 5.70. The Labute approximate surface area is 114 Å². The van der Waals surface area contributed by atoms with Crippen LogP contribution in [-0.4, -0.2) is 27.0 Å².